The van der Waals surface area contributed by atoms with Crippen LogP contribution in [0.3, 0.4) is 0 Å². The zero-order chi connectivity index (χ0) is 12.8. The first kappa shape index (κ1) is 12.8. The number of nitrogens with zero attached hydrogens (tertiary/aromatic N) is 2. The van der Waals surface area contributed by atoms with Gasteiger partial charge in [0.15, 0.2) is 0 Å². The molecule has 2 N–H and O–H groups in total. The van der Waals surface area contributed by atoms with E-state index in [4.69, 9.17) is 10.4 Å². The Morgan fingerprint density at radius 1 is 1.47 bits per heavy atom. The number of nitriles is 1. The van der Waals surface area contributed by atoms with Crippen molar-refractivity contribution < 1.29 is 15.0 Å². The number of amides is 1. The third kappa shape index (κ3) is 3.11. The van der Waals surface area contributed by atoms with Crippen LogP contribution < -0.4 is 0 Å². The molecule has 1 rings (SSSR count). The highest BCUT2D eigenvalue weighted by molar-refractivity contribution is 5.97. The maximum Gasteiger partial charge on any atom is 0.257 e. The van der Waals surface area contributed by atoms with E-state index in [1.807, 2.05) is 6.07 Å². The van der Waals surface area contributed by atoms with E-state index in [1.165, 1.54) is 17.0 Å². The van der Waals surface area contributed by atoms with E-state index >= 15 is 0 Å². The second-order valence-electron chi connectivity index (χ2n) is 3.49. The molecule has 0 fully saturated rings. The lowest BCUT2D eigenvalue weighted by molar-refractivity contribution is 0.0765. The Kier molecular flexibility index (Phi) is 4.35. The van der Waals surface area contributed by atoms with E-state index < -0.39 is 0 Å². The molecule has 5 heteroatoms. The minimum Gasteiger partial charge on any atom is -0.508 e. The third-order valence-corrected chi connectivity index (χ3v) is 2.37. The van der Waals surface area contributed by atoms with Crippen LogP contribution in [0.15, 0.2) is 18.2 Å². The zero-order valence-electron chi connectivity index (χ0n) is 9.55. The number of phenols is 2. The fourth-order valence-corrected chi connectivity index (χ4v) is 1.46. The molecule has 0 spiro atoms. The highest BCUT2D eigenvalue weighted by atomic mass is 16.3. The molecule has 1 amide bonds. The lowest BCUT2D eigenvalue weighted by Crippen LogP contribution is -2.31. The van der Waals surface area contributed by atoms with Crippen molar-refractivity contribution in [3.8, 4) is 17.6 Å². The Balaban J connectivity index is 2.90. The minimum absolute atomic E-state index is 0.0980. The van der Waals surface area contributed by atoms with Crippen LogP contribution in [-0.2, 0) is 0 Å². The molecule has 1 aromatic carbocycles. The summed E-state index contributed by atoms with van der Waals surface area (Å²) in [5.74, 6) is -0.704. The molecule has 0 aromatic heterocycles. The maximum atomic E-state index is 12.0. The van der Waals surface area contributed by atoms with Gasteiger partial charge in [-0.05, 0) is 19.1 Å². The van der Waals surface area contributed by atoms with Crippen LogP contribution in [0.25, 0.3) is 0 Å². The quantitative estimate of drug-likeness (QED) is 0.826. The molecule has 0 aliphatic rings. The topological polar surface area (TPSA) is 84.6 Å². The lowest BCUT2D eigenvalue weighted by atomic mass is 10.1. The summed E-state index contributed by atoms with van der Waals surface area (Å²) >= 11 is 0. The molecular formula is C12H14N2O3. The summed E-state index contributed by atoms with van der Waals surface area (Å²) in [6.45, 7) is 2.58. The smallest absolute Gasteiger partial charge is 0.257 e. The van der Waals surface area contributed by atoms with Crippen molar-refractivity contribution in [1.29, 1.82) is 5.26 Å². The molecule has 0 saturated heterocycles. The van der Waals surface area contributed by atoms with Crippen LogP contribution in [0, 0.1) is 11.3 Å². The van der Waals surface area contributed by atoms with E-state index in [2.05, 4.69) is 0 Å². The number of hydrogen-bond acceptors (Lipinski definition) is 4. The van der Waals surface area contributed by atoms with E-state index in [0.29, 0.717) is 13.1 Å². The maximum absolute atomic E-state index is 12.0. The molecule has 5 nitrogen and oxygen atoms in total. The summed E-state index contributed by atoms with van der Waals surface area (Å²) in [7, 11) is 0. The molecule has 0 aliphatic carbocycles. The van der Waals surface area contributed by atoms with Gasteiger partial charge in [-0.2, -0.15) is 5.26 Å². The number of benzene rings is 1. The van der Waals surface area contributed by atoms with E-state index in [0.717, 1.165) is 6.07 Å². The van der Waals surface area contributed by atoms with Gasteiger partial charge in [-0.15, -0.1) is 0 Å². The first-order chi connectivity index (χ1) is 8.10. The average molecular weight is 234 g/mol. The number of carbonyl (C=O) groups is 1. The second-order valence-corrected chi connectivity index (χ2v) is 3.49. The van der Waals surface area contributed by atoms with Gasteiger partial charge in [0.25, 0.3) is 5.91 Å². The molecule has 0 aliphatic heterocycles. The first-order valence-corrected chi connectivity index (χ1v) is 5.28. The highest BCUT2D eigenvalue weighted by Gasteiger charge is 2.17. The molecule has 0 unspecified atom stereocenters. The van der Waals surface area contributed by atoms with Crippen molar-refractivity contribution in [3.05, 3.63) is 23.8 Å². The van der Waals surface area contributed by atoms with Gasteiger partial charge in [0.1, 0.15) is 11.5 Å². The monoisotopic (exact) mass is 234 g/mol. The molecule has 17 heavy (non-hydrogen) atoms. The summed E-state index contributed by atoms with van der Waals surface area (Å²) in [4.78, 5) is 13.5. The normalized spacial score (nSPS) is 9.65. The largest absolute Gasteiger partial charge is 0.508 e. The Bertz CT molecular complexity index is 452. The standard InChI is InChI=1S/C12H14N2O3/c1-2-14(7-3-6-13)12(17)10-5-4-9(15)8-11(10)16/h4-5,8,15-16H,2-3,7H2,1H3. The molecule has 0 radical (unpaired) electrons. The second kappa shape index (κ2) is 5.75. The highest BCUT2D eigenvalue weighted by Crippen LogP contribution is 2.23. The number of phenolic OH excluding ortho intramolecular Hbond substituents is 2. The number of carbonyl (C=O) groups excluding carboxylic acids is 1. The third-order valence-electron chi connectivity index (χ3n) is 2.37. The number of aromatic hydroxyl groups is 2. The van der Waals surface area contributed by atoms with Gasteiger partial charge >= 0.3 is 0 Å². The predicted octanol–water partition coefficient (Wildman–Crippen LogP) is 1.47. The lowest BCUT2D eigenvalue weighted by Gasteiger charge is -2.19. The summed E-state index contributed by atoms with van der Waals surface area (Å²) in [6.07, 6.45) is 0.248. The summed E-state index contributed by atoms with van der Waals surface area (Å²) < 4.78 is 0. The van der Waals surface area contributed by atoms with Gasteiger partial charge in [-0.3, -0.25) is 4.79 Å². The SMILES string of the molecule is CCN(CCC#N)C(=O)c1ccc(O)cc1O. The fraction of sp³-hybridized carbons (Fsp3) is 0.333. The molecular weight excluding hydrogens is 220 g/mol. The van der Waals surface area contributed by atoms with Crippen molar-refractivity contribution in [3.63, 3.8) is 0 Å². The van der Waals surface area contributed by atoms with Crippen molar-refractivity contribution in [2.75, 3.05) is 13.1 Å². The van der Waals surface area contributed by atoms with Crippen LogP contribution >= 0.6 is 0 Å². The molecule has 0 saturated carbocycles. The van der Waals surface area contributed by atoms with Crippen molar-refractivity contribution in [2.24, 2.45) is 0 Å². The van der Waals surface area contributed by atoms with Crippen LogP contribution in [0.4, 0.5) is 0 Å². The van der Waals surface area contributed by atoms with Crippen LogP contribution in [-0.4, -0.2) is 34.1 Å². The van der Waals surface area contributed by atoms with E-state index in [9.17, 15) is 9.90 Å². The van der Waals surface area contributed by atoms with Gasteiger partial charge < -0.3 is 15.1 Å². The van der Waals surface area contributed by atoms with Crippen LogP contribution in [0.1, 0.15) is 23.7 Å². The minimum atomic E-state index is -0.347. The fourth-order valence-electron chi connectivity index (χ4n) is 1.46. The summed E-state index contributed by atoms with van der Waals surface area (Å²) in [5.41, 5.74) is 0.127. The number of rotatable bonds is 4. The molecule has 0 bridgehead atoms. The van der Waals surface area contributed by atoms with Gasteiger partial charge in [0, 0.05) is 19.2 Å². The Labute approximate surface area is 99.5 Å². The van der Waals surface area contributed by atoms with Crippen molar-refractivity contribution >= 4 is 5.91 Å². The van der Waals surface area contributed by atoms with E-state index in [1.54, 1.807) is 6.92 Å². The van der Waals surface area contributed by atoms with Crippen molar-refractivity contribution in [2.45, 2.75) is 13.3 Å². The molecule has 0 atom stereocenters. The van der Waals surface area contributed by atoms with Crippen molar-refractivity contribution in [1.82, 2.24) is 4.90 Å². The Morgan fingerprint density at radius 3 is 2.71 bits per heavy atom. The predicted molar refractivity (Wildman–Crippen MR) is 61.6 cm³/mol. The summed E-state index contributed by atoms with van der Waals surface area (Å²) in [5, 5.41) is 27.2. The van der Waals surface area contributed by atoms with Gasteiger partial charge in [0.05, 0.1) is 18.1 Å². The van der Waals surface area contributed by atoms with Crippen LogP contribution in [0.5, 0.6) is 11.5 Å². The average Bonchev–Trinajstić information content (AvgIpc) is 2.29. The van der Waals surface area contributed by atoms with Gasteiger partial charge in [0.2, 0.25) is 0 Å². The van der Waals surface area contributed by atoms with Gasteiger partial charge in [-0.1, -0.05) is 0 Å². The molecule has 90 valence electrons. The molecule has 1 aromatic rings. The van der Waals surface area contributed by atoms with Gasteiger partial charge in [-0.25, -0.2) is 0 Å². The molecule has 0 heterocycles. The van der Waals surface area contributed by atoms with E-state index in [-0.39, 0.29) is 29.4 Å². The Morgan fingerprint density at radius 2 is 2.18 bits per heavy atom. The Hall–Kier alpha value is -2.22. The first-order valence-electron chi connectivity index (χ1n) is 5.28. The van der Waals surface area contributed by atoms with Crippen LogP contribution in [0.2, 0.25) is 0 Å². The number of hydrogen-bond donors (Lipinski definition) is 2. The summed E-state index contributed by atoms with van der Waals surface area (Å²) in [6, 6.07) is 5.78. The zero-order valence-corrected chi connectivity index (χ0v) is 9.55.